The number of para-hydroxylation sites is 2. The molecular weight excluding hydrogens is 411 g/mol. The summed E-state index contributed by atoms with van der Waals surface area (Å²) in [4.78, 5) is 30.2. The maximum atomic E-state index is 13.2. The number of carbonyl (C=O) groups excluding carboxylic acids is 2. The molecule has 0 bridgehead atoms. The molecule has 8 nitrogen and oxygen atoms in total. The van der Waals surface area contributed by atoms with Gasteiger partial charge in [-0.15, -0.1) is 0 Å². The summed E-state index contributed by atoms with van der Waals surface area (Å²) in [7, 11) is 1.90. The van der Waals surface area contributed by atoms with E-state index in [9.17, 15) is 14.0 Å². The molecule has 2 aromatic carbocycles. The van der Waals surface area contributed by atoms with E-state index in [2.05, 4.69) is 16.0 Å². The summed E-state index contributed by atoms with van der Waals surface area (Å²) in [6, 6.07) is 12.5. The van der Waals surface area contributed by atoms with Crippen molar-refractivity contribution in [1.82, 2.24) is 25.5 Å². The summed E-state index contributed by atoms with van der Waals surface area (Å²) in [6.45, 7) is -0.0238. The van der Waals surface area contributed by atoms with Gasteiger partial charge in [0.05, 0.1) is 28.2 Å². The normalized spacial score (nSPS) is 13.5. The van der Waals surface area contributed by atoms with Crippen LogP contribution in [0.25, 0.3) is 11.0 Å². The molecule has 1 atom stereocenters. The van der Waals surface area contributed by atoms with E-state index in [1.165, 1.54) is 0 Å². The lowest BCUT2D eigenvalue weighted by Crippen LogP contribution is -2.33. The molecule has 166 valence electrons. The molecule has 32 heavy (non-hydrogen) atoms. The van der Waals surface area contributed by atoms with Gasteiger partial charge >= 0.3 is 0 Å². The molecule has 0 fully saturated rings. The van der Waals surface area contributed by atoms with E-state index in [0.717, 1.165) is 16.6 Å². The fraction of sp³-hybridized carbons (Fsp3) is 0.304. The topological polar surface area (TPSA) is 112 Å². The molecule has 2 amide bonds. The number of carbonyl (C=O) groups is 2. The molecule has 3 aromatic rings. The molecule has 0 spiro atoms. The Morgan fingerprint density at radius 3 is 2.88 bits per heavy atom. The van der Waals surface area contributed by atoms with Crippen molar-refractivity contribution in [2.45, 2.75) is 25.4 Å². The molecule has 4 N–H and O–H groups in total. The van der Waals surface area contributed by atoms with Crippen LogP contribution in [0.2, 0.25) is 0 Å². The second kappa shape index (κ2) is 9.17. The highest BCUT2D eigenvalue weighted by Gasteiger charge is 2.28. The second-order valence-electron chi connectivity index (χ2n) is 7.75. The predicted octanol–water partition coefficient (Wildman–Crippen LogP) is 2.60. The van der Waals surface area contributed by atoms with Crippen LogP contribution in [0.3, 0.4) is 0 Å². The van der Waals surface area contributed by atoms with E-state index in [1.54, 1.807) is 12.1 Å². The molecule has 1 aromatic heterocycles. The van der Waals surface area contributed by atoms with Crippen LogP contribution in [0.15, 0.2) is 42.5 Å². The van der Waals surface area contributed by atoms with Crippen LogP contribution >= 0.6 is 0 Å². The van der Waals surface area contributed by atoms with Crippen molar-refractivity contribution >= 4 is 28.7 Å². The van der Waals surface area contributed by atoms with Crippen molar-refractivity contribution in [2.24, 2.45) is 7.05 Å². The molecule has 2 heterocycles. The molecule has 0 unspecified atom stereocenters. The zero-order valence-corrected chi connectivity index (χ0v) is 17.7. The molecule has 0 saturated carbocycles. The van der Waals surface area contributed by atoms with Crippen molar-refractivity contribution in [3.63, 3.8) is 0 Å². The molecule has 9 heteroatoms. The highest BCUT2D eigenvalue weighted by molar-refractivity contribution is 6.09. The van der Waals surface area contributed by atoms with E-state index in [0.29, 0.717) is 42.9 Å². The van der Waals surface area contributed by atoms with E-state index in [-0.39, 0.29) is 17.6 Å². The first-order valence-corrected chi connectivity index (χ1v) is 10.5. The van der Waals surface area contributed by atoms with Crippen molar-refractivity contribution in [3.05, 3.63) is 65.0 Å². The monoisotopic (exact) mass is 436 g/mol. The van der Waals surface area contributed by atoms with Crippen LogP contribution in [0.5, 0.6) is 0 Å². The summed E-state index contributed by atoms with van der Waals surface area (Å²) in [5.74, 6) is -0.0734. The van der Waals surface area contributed by atoms with Crippen LogP contribution < -0.4 is 16.0 Å². The minimum Gasteiger partial charge on any atom is -0.372 e. The van der Waals surface area contributed by atoms with Crippen molar-refractivity contribution in [1.29, 1.82) is 5.41 Å². The first-order valence-electron chi connectivity index (χ1n) is 10.5. The average molecular weight is 436 g/mol. The number of hydrogen-bond acceptors (Lipinski definition) is 4. The van der Waals surface area contributed by atoms with Crippen LogP contribution in [-0.2, 0) is 13.6 Å². The zero-order chi connectivity index (χ0) is 22.7. The zero-order valence-electron chi connectivity index (χ0n) is 17.7. The summed E-state index contributed by atoms with van der Waals surface area (Å²) in [5, 5.41) is 15.9. The third-order valence-electron chi connectivity index (χ3n) is 5.64. The maximum absolute atomic E-state index is 13.2. The van der Waals surface area contributed by atoms with Gasteiger partial charge in [0.2, 0.25) is 0 Å². The average Bonchev–Trinajstić information content (AvgIpc) is 3.35. The van der Waals surface area contributed by atoms with Gasteiger partial charge in [-0.3, -0.25) is 15.0 Å². The lowest BCUT2D eigenvalue weighted by atomic mass is 10.0. The Morgan fingerprint density at radius 2 is 2.09 bits per heavy atom. The highest BCUT2D eigenvalue weighted by atomic mass is 19.1. The van der Waals surface area contributed by atoms with Gasteiger partial charge in [0.25, 0.3) is 11.8 Å². The Hall–Kier alpha value is -3.75. The minimum absolute atomic E-state index is 0.167. The fourth-order valence-corrected chi connectivity index (χ4v) is 4.04. The quantitative estimate of drug-likeness (QED) is 0.247. The smallest absolute Gasteiger partial charge is 0.252 e. The summed E-state index contributed by atoms with van der Waals surface area (Å²) >= 11 is 0. The van der Waals surface area contributed by atoms with Gasteiger partial charge in [-0.05, 0) is 36.6 Å². The number of nitrogens with one attached hydrogen (secondary N) is 4. The number of amidine groups is 1. The summed E-state index contributed by atoms with van der Waals surface area (Å²) in [5.41, 5.74) is 3.31. The van der Waals surface area contributed by atoms with Gasteiger partial charge in [0.1, 0.15) is 18.3 Å². The number of benzene rings is 2. The Morgan fingerprint density at radius 1 is 1.28 bits per heavy atom. The standard InChI is InChI=1S/C23H25FN6O2/c1-30-18-10-3-2-8-16(18)28-21(30)17(9-5-11-26-19(25)12-24)29-22(31)15-7-4-6-14-13-27-23(32)20(14)15/h2-4,6-8,10,17H,5,9,11-13H2,1H3,(H2,25,26)(H,27,32)(H,29,31)/t17-/m0/s1. The molecule has 0 radical (unpaired) electrons. The SMILES string of the molecule is Cn1c([C@H](CCCNC(=N)CF)NC(=O)c2cccc3c2C(=O)NC3)nc2ccccc21. The predicted molar refractivity (Wildman–Crippen MR) is 119 cm³/mol. The van der Waals surface area contributed by atoms with Crippen LogP contribution in [0.4, 0.5) is 4.39 Å². The Balaban J connectivity index is 1.60. The number of fused-ring (bicyclic) bond motifs is 2. The van der Waals surface area contributed by atoms with Gasteiger partial charge in [-0.2, -0.15) is 0 Å². The van der Waals surface area contributed by atoms with Gasteiger partial charge in [-0.1, -0.05) is 24.3 Å². The Bertz CT molecular complexity index is 1190. The molecule has 0 saturated heterocycles. The molecule has 0 aliphatic carbocycles. The number of imidazole rings is 1. The first-order chi connectivity index (χ1) is 15.5. The van der Waals surface area contributed by atoms with E-state index in [1.807, 2.05) is 41.9 Å². The largest absolute Gasteiger partial charge is 0.372 e. The van der Waals surface area contributed by atoms with E-state index < -0.39 is 12.7 Å². The van der Waals surface area contributed by atoms with Crippen molar-refractivity contribution in [3.8, 4) is 0 Å². The summed E-state index contributed by atoms with van der Waals surface area (Å²) < 4.78 is 14.5. The third kappa shape index (κ3) is 4.18. The van der Waals surface area contributed by atoms with Gasteiger partial charge in [-0.25, -0.2) is 9.37 Å². The second-order valence-corrected chi connectivity index (χ2v) is 7.75. The van der Waals surface area contributed by atoms with Crippen LogP contribution in [0.1, 0.15) is 51.0 Å². The first kappa shape index (κ1) is 21.5. The fourth-order valence-electron chi connectivity index (χ4n) is 4.04. The number of amides is 2. The number of halogens is 1. The number of alkyl halides is 1. The Kier molecular flexibility index (Phi) is 6.16. The van der Waals surface area contributed by atoms with Crippen molar-refractivity contribution in [2.75, 3.05) is 13.2 Å². The highest BCUT2D eigenvalue weighted by Crippen LogP contribution is 2.25. The number of aryl methyl sites for hydroxylation is 1. The molecular formula is C23H25FN6O2. The lowest BCUT2D eigenvalue weighted by Gasteiger charge is -2.20. The van der Waals surface area contributed by atoms with Gasteiger partial charge < -0.3 is 20.5 Å². The summed E-state index contributed by atoms with van der Waals surface area (Å²) in [6.07, 6.45) is 1.11. The third-order valence-corrected chi connectivity index (χ3v) is 5.64. The van der Waals surface area contributed by atoms with Crippen LogP contribution in [0, 0.1) is 5.41 Å². The Labute approximate surface area is 184 Å². The van der Waals surface area contributed by atoms with Crippen molar-refractivity contribution < 1.29 is 14.0 Å². The lowest BCUT2D eigenvalue weighted by molar-refractivity contribution is 0.0912. The molecule has 1 aliphatic rings. The minimum atomic E-state index is -0.841. The van der Waals surface area contributed by atoms with Gasteiger partial charge in [0.15, 0.2) is 0 Å². The van der Waals surface area contributed by atoms with E-state index >= 15 is 0 Å². The maximum Gasteiger partial charge on any atom is 0.252 e. The number of rotatable bonds is 8. The number of hydrogen-bond donors (Lipinski definition) is 4. The molecule has 4 rings (SSSR count). The van der Waals surface area contributed by atoms with Crippen LogP contribution in [-0.4, -0.2) is 40.4 Å². The van der Waals surface area contributed by atoms with E-state index in [4.69, 9.17) is 10.4 Å². The number of nitrogens with zero attached hydrogens (tertiary/aromatic N) is 2. The molecule has 1 aliphatic heterocycles. The number of aromatic nitrogens is 2. The van der Waals surface area contributed by atoms with Gasteiger partial charge in [0, 0.05) is 20.1 Å².